The summed E-state index contributed by atoms with van der Waals surface area (Å²) in [5.74, 6) is 1.03. The van der Waals surface area contributed by atoms with Crippen LogP contribution in [-0.4, -0.2) is 18.0 Å². The molecule has 0 aromatic heterocycles. The quantitative estimate of drug-likeness (QED) is 0.534. The molecule has 1 nitrogen and oxygen atoms in total. The van der Waals surface area contributed by atoms with E-state index in [2.05, 4.69) is 24.9 Å². The average molecular weight is 137 g/mol. The highest BCUT2D eigenvalue weighted by Crippen LogP contribution is 2.40. The minimum atomic E-state index is 0.861. The van der Waals surface area contributed by atoms with Crippen molar-refractivity contribution in [2.75, 3.05) is 7.05 Å². The van der Waals surface area contributed by atoms with Gasteiger partial charge in [0.05, 0.1) is 0 Å². The van der Waals surface area contributed by atoms with Gasteiger partial charge < -0.3 is 4.90 Å². The molecule has 10 heavy (non-hydrogen) atoms. The minimum Gasteiger partial charge on any atom is -0.375 e. The molecule has 1 heteroatoms. The Morgan fingerprint density at radius 2 is 2.20 bits per heavy atom. The summed E-state index contributed by atoms with van der Waals surface area (Å²) in [6, 6.07) is 0.861. The van der Waals surface area contributed by atoms with Crippen molar-refractivity contribution >= 4 is 0 Å². The van der Waals surface area contributed by atoms with E-state index in [1.54, 1.807) is 0 Å². The fourth-order valence-corrected chi connectivity index (χ4v) is 1.84. The first-order valence-electron chi connectivity index (χ1n) is 4.18. The zero-order valence-electron chi connectivity index (χ0n) is 6.80. The van der Waals surface area contributed by atoms with Crippen molar-refractivity contribution in [3.8, 4) is 0 Å². The number of rotatable bonds is 1. The van der Waals surface area contributed by atoms with E-state index in [4.69, 9.17) is 0 Å². The number of allylic oxidation sites excluding steroid dienone is 1. The van der Waals surface area contributed by atoms with E-state index in [1.807, 2.05) is 0 Å². The van der Waals surface area contributed by atoms with Gasteiger partial charge in [-0.15, -0.1) is 0 Å². The molecular weight excluding hydrogens is 122 g/mol. The second-order valence-electron chi connectivity index (χ2n) is 3.60. The number of hydrogen-bond acceptors (Lipinski definition) is 1. The molecule has 1 aliphatic heterocycles. The molecule has 1 aliphatic carbocycles. The highest BCUT2D eigenvalue weighted by Gasteiger charge is 2.35. The summed E-state index contributed by atoms with van der Waals surface area (Å²) in [4.78, 5) is 2.44. The first-order valence-corrected chi connectivity index (χ1v) is 4.18. The van der Waals surface area contributed by atoms with E-state index in [0.717, 1.165) is 12.0 Å². The van der Waals surface area contributed by atoms with Gasteiger partial charge in [0.1, 0.15) is 0 Å². The molecule has 2 aliphatic rings. The zero-order valence-corrected chi connectivity index (χ0v) is 6.80. The molecule has 0 saturated heterocycles. The van der Waals surface area contributed by atoms with Crippen LogP contribution in [0.4, 0.5) is 0 Å². The molecule has 1 heterocycles. The van der Waals surface area contributed by atoms with Crippen LogP contribution in [0.1, 0.15) is 26.2 Å². The molecule has 1 fully saturated rings. The lowest BCUT2D eigenvalue weighted by atomic mass is 10.1. The van der Waals surface area contributed by atoms with Crippen LogP contribution < -0.4 is 0 Å². The topological polar surface area (TPSA) is 3.24 Å². The third-order valence-corrected chi connectivity index (χ3v) is 2.87. The lowest BCUT2D eigenvalue weighted by molar-refractivity contribution is 0.303. The summed E-state index contributed by atoms with van der Waals surface area (Å²) in [5.41, 5.74) is 1.47. The summed E-state index contributed by atoms with van der Waals surface area (Å²) < 4.78 is 0. The monoisotopic (exact) mass is 137 g/mol. The molecule has 0 aromatic rings. The summed E-state index contributed by atoms with van der Waals surface area (Å²) in [7, 11) is 2.22. The van der Waals surface area contributed by atoms with Crippen LogP contribution in [0.5, 0.6) is 0 Å². The van der Waals surface area contributed by atoms with Crippen LogP contribution in [0, 0.1) is 5.92 Å². The van der Waals surface area contributed by atoms with Crippen molar-refractivity contribution in [1.82, 2.24) is 4.90 Å². The maximum absolute atomic E-state index is 2.44. The van der Waals surface area contributed by atoms with E-state index in [1.165, 1.54) is 25.0 Å². The van der Waals surface area contributed by atoms with Crippen molar-refractivity contribution < 1.29 is 0 Å². The average Bonchev–Trinajstić information content (AvgIpc) is 2.67. The van der Waals surface area contributed by atoms with Crippen LogP contribution in [-0.2, 0) is 0 Å². The van der Waals surface area contributed by atoms with Crippen molar-refractivity contribution in [1.29, 1.82) is 0 Å². The molecule has 1 saturated carbocycles. The van der Waals surface area contributed by atoms with Gasteiger partial charge in [-0.25, -0.2) is 0 Å². The summed E-state index contributed by atoms with van der Waals surface area (Å²) in [6.45, 7) is 2.21. The van der Waals surface area contributed by atoms with Gasteiger partial charge in [0, 0.05) is 18.8 Å². The Morgan fingerprint density at radius 1 is 1.50 bits per heavy atom. The molecule has 56 valence electrons. The Balaban J connectivity index is 2.02. The molecule has 0 radical (unpaired) electrons. The lowest BCUT2D eigenvalue weighted by Gasteiger charge is -2.23. The largest absolute Gasteiger partial charge is 0.375 e. The van der Waals surface area contributed by atoms with E-state index >= 15 is 0 Å². The van der Waals surface area contributed by atoms with Gasteiger partial charge in [0.2, 0.25) is 0 Å². The van der Waals surface area contributed by atoms with Gasteiger partial charge in [0.15, 0.2) is 0 Å². The molecule has 0 aromatic carbocycles. The molecule has 0 spiro atoms. The molecule has 0 N–H and O–H groups in total. The molecule has 1 unspecified atom stereocenters. The SMILES string of the molecule is CC1=CCC(C2CC2)N1C. The van der Waals surface area contributed by atoms with Crippen molar-refractivity contribution in [2.24, 2.45) is 5.92 Å². The van der Waals surface area contributed by atoms with Crippen LogP contribution in [0.15, 0.2) is 11.8 Å². The first-order chi connectivity index (χ1) is 4.79. The molecule has 1 atom stereocenters. The van der Waals surface area contributed by atoms with Crippen molar-refractivity contribution in [3.05, 3.63) is 11.8 Å². The number of hydrogen-bond donors (Lipinski definition) is 0. The summed E-state index contributed by atoms with van der Waals surface area (Å²) in [6.07, 6.45) is 6.60. The Bertz CT molecular complexity index is 168. The van der Waals surface area contributed by atoms with E-state index in [-0.39, 0.29) is 0 Å². The molecule has 2 rings (SSSR count). The molecular formula is C9H15N. The van der Waals surface area contributed by atoms with Crippen LogP contribution in [0.3, 0.4) is 0 Å². The Kier molecular flexibility index (Phi) is 1.26. The standard InChI is InChI=1S/C9H15N/c1-7-3-6-9(10(7)2)8-4-5-8/h3,8-9H,4-6H2,1-2H3. The fraction of sp³-hybridized carbons (Fsp3) is 0.778. The fourth-order valence-electron chi connectivity index (χ4n) is 1.84. The van der Waals surface area contributed by atoms with Crippen molar-refractivity contribution in [2.45, 2.75) is 32.2 Å². The van der Waals surface area contributed by atoms with Gasteiger partial charge in [-0.1, -0.05) is 6.08 Å². The van der Waals surface area contributed by atoms with E-state index < -0.39 is 0 Å². The first kappa shape index (κ1) is 6.26. The van der Waals surface area contributed by atoms with Gasteiger partial charge in [0.25, 0.3) is 0 Å². The normalized spacial score (nSPS) is 32.8. The highest BCUT2D eigenvalue weighted by molar-refractivity contribution is 5.10. The Hall–Kier alpha value is -0.460. The van der Waals surface area contributed by atoms with Gasteiger partial charge in [-0.2, -0.15) is 0 Å². The third kappa shape index (κ3) is 0.845. The van der Waals surface area contributed by atoms with Crippen LogP contribution in [0.25, 0.3) is 0 Å². The van der Waals surface area contributed by atoms with Crippen molar-refractivity contribution in [3.63, 3.8) is 0 Å². The van der Waals surface area contributed by atoms with E-state index in [9.17, 15) is 0 Å². The maximum atomic E-state index is 2.44. The summed E-state index contributed by atoms with van der Waals surface area (Å²) in [5, 5.41) is 0. The Labute approximate surface area is 62.7 Å². The highest BCUT2D eigenvalue weighted by atomic mass is 15.2. The number of nitrogens with zero attached hydrogens (tertiary/aromatic N) is 1. The van der Waals surface area contributed by atoms with E-state index in [0.29, 0.717) is 0 Å². The van der Waals surface area contributed by atoms with Gasteiger partial charge in [-0.3, -0.25) is 0 Å². The second-order valence-corrected chi connectivity index (χ2v) is 3.60. The second kappa shape index (κ2) is 2.01. The predicted molar refractivity (Wildman–Crippen MR) is 42.6 cm³/mol. The maximum Gasteiger partial charge on any atom is 0.0346 e. The smallest absolute Gasteiger partial charge is 0.0346 e. The Morgan fingerprint density at radius 3 is 2.60 bits per heavy atom. The van der Waals surface area contributed by atoms with Gasteiger partial charge in [-0.05, 0) is 32.1 Å². The molecule has 0 amide bonds. The zero-order chi connectivity index (χ0) is 7.14. The lowest BCUT2D eigenvalue weighted by Crippen LogP contribution is -2.26. The minimum absolute atomic E-state index is 0.861. The third-order valence-electron chi connectivity index (χ3n) is 2.87. The van der Waals surface area contributed by atoms with Crippen LogP contribution >= 0.6 is 0 Å². The van der Waals surface area contributed by atoms with Gasteiger partial charge >= 0.3 is 0 Å². The molecule has 0 bridgehead atoms. The predicted octanol–water partition coefficient (Wildman–Crippen LogP) is 2.00. The van der Waals surface area contributed by atoms with Crippen LogP contribution in [0.2, 0.25) is 0 Å². The summed E-state index contributed by atoms with van der Waals surface area (Å²) >= 11 is 0.